The van der Waals surface area contributed by atoms with E-state index < -0.39 is 0 Å². The van der Waals surface area contributed by atoms with Gasteiger partial charge in [-0.05, 0) is 25.3 Å². The first-order valence-electron chi connectivity index (χ1n) is 7.18. The van der Waals surface area contributed by atoms with Gasteiger partial charge in [0.05, 0.1) is 6.54 Å². The van der Waals surface area contributed by atoms with E-state index >= 15 is 0 Å². The Hall–Kier alpha value is -1.14. The molecule has 0 aromatic carbocycles. The second-order valence-corrected chi connectivity index (χ2v) is 5.44. The highest BCUT2D eigenvalue weighted by atomic mass is 16.2. The van der Waals surface area contributed by atoms with Crippen molar-refractivity contribution in [3.8, 4) is 0 Å². The summed E-state index contributed by atoms with van der Waals surface area (Å²) in [7, 11) is 0. The first kappa shape index (κ1) is 14.3. The maximum Gasteiger partial charge on any atom is 0.324 e. The number of piperidine rings is 1. The van der Waals surface area contributed by atoms with Gasteiger partial charge in [-0.1, -0.05) is 13.3 Å². The normalized spacial score (nSPS) is 28.5. The Balaban J connectivity index is 1.90. The molecule has 0 saturated carbocycles. The molecule has 2 rings (SSSR count). The molecule has 0 aromatic heterocycles. The number of hydrogen-bond donors (Lipinski definition) is 2. The first-order valence-corrected chi connectivity index (χ1v) is 7.18. The van der Waals surface area contributed by atoms with Crippen LogP contribution in [0.15, 0.2) is 0 Å². The molecule has 3 amide bonds. The second kappa shape index (κ2) is 6.34. The zero-order chi connectivity index (χ0) is 13.8. The van der Waals surface area contributed by atoms with Crippen molar-refractivity contribution in [3.05, 3.63) is 0 Å². The number of likely N-dealkylation sites (tertiary alicyclic amines) is 1. The maximum absolute atomic E-state index is 12.1. The summed E-state index contributed by atoms with van der Waals surface area (Å²) in [6.07, 6.45) is 3.35. The molecule has 0 radical (unpaired) electrons. The highest BCUT2D eigenvalue weighted by molar-refractivity contribution is 5.96. The topological polar surface area (TPSA) is 78.7 Å². The number of rotatable bonds is 4. The van der Waals surface area contributed by atoms with Crippen LogP contribution in [0.3, 0.4) is 0 Å². The Morgan fingerprint density at radius 1 is 1.47 bits per heavy atom. The van der Waals surface area contributed by atoms with Gasteiger partial charge in [-0.25, -0.2) is 4.79 Å². The third kappa shape index (κ3) is 3.25. The highest BCUT2D eigenvalue weighted by Crippen LogP contribution is 2.24. The van der Waals surface area contributed by atoms with Crippen LogP contribution in [-0.2, 0) is 4.79 Å². The molecule has 2 saturated heterocycles. The fourth-order valence-corrected chi connectivity index (χ4v) is 2.98. The third-order valence-corrected chi connectivity index (χ3v) is 4.29. The van der Waals surface area contributed by atoms with E-state index in [1.807, 2.05) is 0 Å². The Morgan fingerprint density at radius 2 is 2.26 bits per heavy atom. The molecule has 0 aromatic rings. The van der Waals surface area contributed by atoms with Gasteiger partial charge in [-0.15, -0.1) is 0 Å². The van der Waals surface area contributed by atoms with E-state index in [0.717, 1.165) is 25.3 Å². The zero-order valence-corrected chi connectivity index (χ0v) is 11.6. The number of carbonyl (C=O) groups excluding carboxylic acids is 2. The van der Waals surface area contributed by atoms with Crippen LogP contribution >= 0.6 is 0 Å². The molecule has 0 spiro atoms. The molecule has 19 heavy (non-hydrogen) atoms. The van der Waals surface area contributed by atoms with E-state index in [0.29, 0.717) is 26.2 Å². The van der Waals surface area contributed by atoms with Gasteiger partial charge in [0.25, 0.3) is 0 Å². The van der Waals surface area contributed by atoms with Crippen molar-refractivity contribution in [1.82, 2.24) is 15.1 Å². The molecule has 108 valence electrons. The minimum atomic E-state index is -0.266. The van der Waals surface area contributed by atoms with Crippen molar-refractivity contribution in [2.45, 2.75) is 32.2 Å². The number of nitrogens with zero attached hydrogens (tertiary/aromatic N) is 2. The van der Waals surface area contributed by atoms with Crippen LogP contribution in [0.5, 0.6) is 0 Å². The molecular formula is C13H24N4O2. The molecule has 2 unspecified atom stereocenters. The Morgan fingerprint density at radius 3 is 2.84 bits per heavy atom. The average molecular weight is 268 g/mol. The molecule has 6 heteroatoms. The number of imide groups is 1. The number of nitrogens with two attached hydrogens (primary N) is 1. The van der Waals surface area contributed by atoms with Crippen LogP contribution in [0.4, 0.5) is 4.79 Å². The van der Waals surface area contributed by atoms with Gasteiger partial charge >= 0.3 is 6.03 Å². The van der Waals surface area contributed by atoms with Gasteiger partial charge in [-0.2, -0.15) is 0 Å². The molecule has 2 aliphatic rings. The lowest BCUT2D eigenvalue weighted by Crippen LogP contribution is -2.51. The number of carbonyl (C=O) groups is 2. The maximum atomic E-state index is 12.1. The zero-order valence-electron chi connectivity index (χ0n) is 11.6. The molecule has 2 atom stereocenters. The molecule has 3 N–H and O–H groups in total. The first-order chi connectivity index (χ1) is 9.15. The Kier molecular flexibility index (Phi) is 4.76. The summed E-state index contributed by atoms with van der Waals surface area (Å²) in [5, 5.41) is 2.65. The Bertz CT molecular complexity index is 348. The molecule has 2 heterocycles. The minimum Gasteiger partial charge on any atom is -0.336 e. The number of hydrogen-bond acceptors (Lipinski definition) is 4. The number of nitrogens with one attached hydrogen (secondary N) is 1. The smallest absolute Gasteiger partial charge is 0.324 e. The summed E-state index contributed by atoms with van der Waals surface area (Å²) in [6, 6.07) is 0.00561. The summed E-state index contributed by atoms with van der Waals surface area (Å²) in [4.78, 5) is 27.0. The van der Waals surface area contributed by atoms with Crippen molar-refractivity contribution in [3.63, 3.8) is 0 Å². The monoisotopic (exact) mass is 268 g/mol. The number of urea groups is 1. The lowest BCUT2D eigenvalue weighted by molar-refractivity contribution is -0.129. The minimum absolute atomic E-state index is 0.108. The van der Waals surface area contributed by atoms with Crippen LogP contribution in [0.25, 0.3) is 0 Å². The van der Waals surface area contributed by atoms with Gasteiger partial charge in [0.15, 0.2) is 0 Å². The van der Waals surface area contributed by atoms with Crippen LogP contribution in [0.1, 0.15) is 26.2 Å². The van der Waals surface area contributed by atoms with E-state index in [1.54, 1.807) is 0 Å². The summed E-state index contributed by atoms with van der Waals surface area (Å²) in [6.45, 7) is 5.04. The lowest BCUT2D eigenvalue weighted by atomic mass is 9.89. The Labute approximate surface area is 114 Å². The van der Waals surface area contributed by atoms with Crippen LogP contribution in [-0.4, -0.2) is 60.5 Å². The highest BCUT2D eigenvalue weighted by Gasteiger charge is 2.32. The fraction of sp³-hybridized carbons (Fsp3) is 0.846. The average Bonchev–Trinajstić information content (AvgIpc) is 2.85. The van der Waals surface area contributed by atoms with Crippen molar-refractivity contribution in [2.75, 3.05) is 32.7 Å². The van der Waals surface area contributed by atoms with Crippen molar-refractivity contribution >= 4 is 11.9 Å². The standard InChI is InChI=1S/C13H24N4O2/c1-2-10-3-5-16(11(7-10)8-14)9-12(18)17-6-4-15-13(17)19/h10-11H,2-9,14H2,1H3,(H,15,19). The van der Waals surface area contributed by atoms with Gasteiger partial charge in [0.1, 0.15) is 0 Å². The molecule has 0 bridgehead atoms. The molecule has 6 nitrogen and oxygen atoms in total. The quantitative estimate of drug-likeness (QED) is 0.751. The predicted octanol–water partition coefficient (Wildman–Crippen LogP) is -0.0125. The second-order valence-electron chi connectivity index (χ2n) is 5.44. The fourth-order valence-electron chi connectivity index (χ4n) is 2.98. The third-order valence-electron chi connectivity index (χ3n) is 4.29. The largest absolute Gasteiger partial charge is 0.336 e. The van der Waals surface area contributed by atoms with E-state index in [1.165, 1.54) is 11.3 Å². The summed E-state index contributed by atoms with van der Waals surface area (Å²) >= 11 is 0. The SMILES string of the molecule is CCC1CCN(CC(=O)N2CCNC2=O)C(CN)C1. The van der Waals surface area contributed by atoms with Crippen LogP contribution in [0.2, 0.25) is 0 Å². The predicted molar refractivity (Wildman–Crippen MR) is 72.5 cm³/mol. The van der Waals surface area contributed by atoms with E-state index in [4.69, 9.17) is 5.73 Å². The van der Waals surface area contributed by atoms with Crippen molar-refractivity contribution in [1.29, 1.82) is 0 Å². The summed E-state index contributed by atoms with van der Waals surface area (Å²) in [5.74, 6) is 0.610. The molecule has 2 aliphatic heterocycles. The van der Waals surface area contributed by atoms with Gasteiger partial charge in [0, 0.05) is 25.7 Å². The van der Waals surface area contributed by atoms with Crippen LogP contribution < -0.4 is 11.1 Å². The van der Waals surface area contributed by atoms with E-state index in [2.05, 4.69) is 17.1 Å². The molecule has 2 fully saturated rings. The lowest BCUT2D eigenvalue weighted by Gasteiger charge is -2.38. The summed E-state index contributed by atoms with van der Waals surface area (Å²) in [5.41, 5.74) is 5.82. The van der Waals surface area contributed by atoms with Gasteiger partial charge < -0.3 is 11.1 Å². The molecular weight excluding hydrogens is 244 g/mol. The van der Waals surface area contributed by atoms with Gasteiger partial charge in [-0.3, -0.25) is 14.6 Å². The summed E-state index contributed by atoms with van der Waals surface area (Å²) < 4.78 is 0. The van der Waals surface area contributed by atoms with E-state index in [9.17, 15) is 9.59 Å². The number of amides is 3. The van der Waals surface area contributed by atoms with Gasteiger partial charge in [0.2, 0.25) is 5.91 Å². The van der Waals surface area contributed by atoms with Crippen LogP contribution in [0, 0.1) is 5.92 Å². The molecule has 0 aliphatic carbocycles. The van der Waals surface area contributed by atoms with E-state index in [-0.39, 0.29) is 18.0 Å². The van der Waals surface area contributed by atoms with Crippen molar-refractivity contribution < 1.29 is 9.59 Å². The van der Waals surface area contributed by atoms with Crippen molar-refractivity contribution in [2.24, 2.45) is 11.7 Å².